The Balaban J connectivity index is 2.04. The van der Waals surface area contributed by atoms with Crippen molar-refractivity contribution >= 4 is 11.9 Å². The molecular formula is C10H14N4O2. The van der Waals surface area contributed by atoms with Crippen LogP contribution in [0.3, 0.4) is 0 Å². The Labute approximate surface area is 93.4 Å². The molecule has 0 bridgehead atoms. The van der Waals surface area contributed by atoms with Gasteiger partial charge in [0.2, 0.25) is 17.7 Å². The molecule has 1 saturated heterocycles. The largest absolute Gasteiger partial charge is 0.481 e. The van der Waals surface area contributed by atoms with E-state index in [1.807, 2.05) is 0 Å². The normalized spacial score (nSPS) is 20.1. The monoisotopic (exact) mass is 222 g/mol. The van der Waals surface area contributed by atoms with Crippen molar-refractivity contribution in [2.45, 2.75) is 18.9 Å². The Hall–Kier alpha value is -1.85. The van der Waals surface area contributed by atoms with E-state index in [0.717, 1.165) is 19.4 Å². The van der Waals surface area contributed by atoms with Crippen molar-refractivity contribution in [3.05, 3.63) is 12.3 Å². The van der Waals surface area contributed by atoms with Gasteiger partial charge in [-0.2, -0.15) is 4.98 Å². The Morgan fingerprint density at radius 2 is 2.50 bits per heavy atom. The molecule has 1 aromatic rings. The second-order valence-electron chi connectivity index (χ2n) is 3.55. The Bertz CT molecular complexity index is 383. The van der Waals surface area contributed by atoms with Gasteiger partial charge in [0, 0.05) is 18.8 Å². The van der Waals surface area contributed by atoms with Gasteiger partial charge in [-0.3, -0.25) is 4.79 Å². The van der Waals surface area contributed by atoms with Crippen LogP contribution in [0.25, 0.3) is 0 Å². The number of anilines is 1. The fourth-order valence-electron chi connectivity index (χ4n) is 1.59. The van der Waals surface area contributed by atoms with Gasteiger partial charge in [0.1, 0.15) is 6.04 Å². The number of nitrogens with one attached hydrogen (secondary N) is 2. The smallest absolute Gasteiger partial charge is 0.242 e. The van der Waals surface area contributed by atoms with E-state index in [2.05, 4.69) is 20.6 Å². The van der Waals surface area contributed by atoms with Crippen molar-refractivity contribution in [1.82, 2.24) is 15.3 Å². The maximum atomic E-state index is 11.5. The van der Waals surface area contributed by atoms with Crippen LogP contribution in [0.5, 0.6) is 5.88 Å². The van der Waals surface area contributed by atoms with E-state index in [-0.39, 0.29) is 11.9 Å². The number of methoxy groups -OCH3 is 1. The zero-order valence-corrected chi connectivity index (χ0v) is 9.06. The van der Waals surface area contributed by atoms with Crippen molar-refractivity contribution in [2.24, 2.45) is 0 Å². The molecule has 1 atom stereocenters. The molecule has 6 heteroatoms. The van der Waals surface area contributed by atoms with Crippen LogP contribution in [0.1, 0.15) is 12.8 Å². The van der Waals surface area contributed by atoms with E-state index in [1.54, 1.807) is 19.4 Å². The lowest BCUT2D eigenvalue weighted by Gasteiger charge is -2.22. The number of carbonyl (C=O) groups is 1. The molecule has 2 N–H and O–H groups in total. The van der Waals surface area contributed by atoms with Crippen LogP contribution >= 0.6 is 0 Å². The Morgan fingerprint density at radius 3 is 3.25 bits per heavy atom. The molecule has 1 fully saturated rings. The van der Waals surface area contributed by atoms with Crippen LogP contribution < -0.4 is 15.4 Å². The lowest BCUT2D eigenvalue weighted by atomic mass is 10.1. The molecule has 1 aliphatic heterocycles. The molecule has 86 valence electrons. The van der Waals surface area contributed by atoms with Gasteiger partial charge in [0.15, 0.2) is 0 Å². The molecule has 1 amide bonds. The van der Waals surface area contributed by atoms with E-state index in [4.69, 9.17) is 4.74 Å². The van der Waals surface area contributed by atoms with Gasteiger partial charge < -0.3 is 15.4 Å². The third-order valence-electron chi connectivity index (χ3n) is 2.43. The van der Waals surface area contributed by atoms with Gasteiger partial charge in [0.05, 0.1) is 7.11 Å². The summed E-state index contributed by atoms with van der Waals surface area (Å²) in [5, 5.41) is 5.78. The zero-order valence-electron chi connectivity index (χ0n) is 9.06. The third-order valence-corrected chi connectivity index (χ3v) is 2.43. The highest BCUT2D eigenvalue weighted by atomic mass is 16.5. The third kappa shape index (κ3) is 2.39. The first-order valence-corrected chi connectivity index (χ1v) is 5.21. The lowest BCUT2D eigenvalue weighted by molar-refractivity contribution is -0.123. The average molecular weight is 222 g/mol. The molecular weight excluding hydrogens is 208 g/mol. The maximum Gasteiger partial charge on any atom is 0.242 e. The van der Waals surface area contributed by atoms with Crippen molar-refractivity contribution < 1.29 is 9.53 Å². The minimum absolute atomic E-state index is 0.00216. The lowest BCUT2D eigenvalue weighted by Crippen LogP contribution is -2.44. The van der Waals surface area contributed by atoms with Crippen molar-refractivity contribution in [3.8, 4) is 5.88 Å². The molecule has 1 aromatic heterocycles. The van der Waals surface area contributed by atoms with Crippen molar-refractivity contribution in [1.29, 1.82) is 0 Å². The summed E-state index contributed by atoms with van der Waals surface area (Å²) in [4.78, 5) is 19.6. The quantitative estimate of drug-likeness (QED) is 0.762. The molecule has 2 rings (SSSR count). The topological polar surface area (TPSA) is 76.1 Å². The number of hydrogen-bond acceptors (Lipinski definition) is 5. The molecule has 0 radical (unpaired) electrons. The van der Waals surface area contributed by atoms with E-state index >= 15 is 0 Å². The summed E-state index contributed by atoms with van der Waals surface area (Å²) in [6.45, 7) is 0.746. The molecule has 0 saturated carbocycles. The minimum Gasteiger partial charge on any atom is -0.481 e. The van der Waals surface area contributed by atoms with Gasteiger partial charge >= 0.3 is 0 Å². The second-order valence-corrected chi connectivity index (χ2v) is 3.55. The van der Waals surface area contributed by atoms with Gasteiger partial charge in [-0.25, -0.2) is 4.98 Å². The summed E-state index contributed by atoms with van der Waals surface area (Å²) < 4.78 is 4.98. The number of aromatic nitrogens is 2. The fourth-order valence-corrected chi connectivity index (χ4v) is 1.59. The molecule has 1 unspecified atom stereocenters. The summed E-state index contributed by atoms with van der Waals surface area (Å²) in [6.07, 6.45) is 3.36. The van der Waals surface area contributed by atoms with Crippen LogP contribution in [0.2, 0.25) is 0 Å². The maximum absolute atomic E-state index is 11.5. The first-order valence-electron chi connectivity index (χ1n) is 5.21. The number of carbonyl (C=O) groups excluding carboxylic acids is 1. The van der Waals surface area contributed by atoms with Crippen molar-refractivity contribution in [3.63, 3.8) is 0 Å². The summed E-state index contributed by atoms with van der Waals surface area (Å²) >= 11 is 0. The second kappa shape index (κ2) is 4.78. The van der Waals surface area contributed by atoms with Gasteiger partial charge in [-0.15, -0.1) is 0 Å². The zero-order chi connectivity index (χ0) is 11.4. The van der Waals surface area contributed by atoms with Crippen LogP contribution in [-0.2, 0) is 4.79 Å². The number of piperidine rings is 1. The number of ether oxygens (including phenoxy) is 1. The van der Waals surface area contributed by atoms with Gasteiger partial charge in [-0.05, 0) is 12.8 Å². The Kier molecular flexibility index (Phi) is 3.19. The van der Waals surface area contributed by atoms with E-state index in [9.17, 15) is 4.79 Å². The molecule has 2 heterocycles. The van der Waals surface area contributed by atoms with Crippen LogP contribution in [0, 0.1) is 0 Å². The highest BCUT2D eigenvalue weighted by Crippen LogP contribution is 2.11. The summed E-state index contributed by atoms with van der Waals surface area (Å²) in [5.74, 6) is 0.896. The fraction of sp³-hybridized carbons (Fsp3) is 0.500. The molecule has 0 spiro atoms. The summed E-state index contributed by atoms with van der Waals surface area (Å²) in [5.41, 5.74) is 0. The van der Waals surface area contributed by atoms with Crippen LogP contribution in [0.4, 0.5) is 5.95 Å². The Morgan fingerprint density at radius 1 is 1.62 bits per heavy atom. The van der Waals surface area contributed by atoms with Gasteiger partial charge in [0.25, 0.3) is 0 Å². The number of rotatable bonds is 3. The summed E-state index contributed by atoms with van der Waals surface area (Å²) in [7, 11) is 1.54. The van der Waals surface area contributed by atoms with Gasteiger partial charge in [-0.1, -0.05) is 0 Å². The highest BCUT2D eigenvalue weighted by molar-refractivity contribution is 5.84. The minimum atomic E-state index is -0.249. The standard InChI is InChI=1S/C10H14N4O2/c1-16-8-4-6-12-10(14-8)13-7-3-2-5-11-9(7)15/h4,6-7H,2-3,5H2,1H3,(H,11,15)(H,12,13,14). The molecule has 16 heavy (non-hydrogen) atoms. The van der Waals surface area contributed by atoms with E-state index < -0.39 is 0 Å². The van der Waals surface area contributed by atoms with E-state index in [0.29, 0.717) is 11.8 Å². The predicted molar refractivity (Wildman–Crippen MR) is 58.2 cm³/mol. The number of amides is 1. The van der Waals surface area contributed by atoms with Crippen LogP contribution in [0.15, 0.2) is 12.3 Å². The van der Waals surface area contributed by atoms with Crippen LogP contribution in [-0.4, -0.2) is 35.6 Å². The highest BCUT2D eigenvalue weighted by Gasteiger charge is 2.22. The predicted octanol–water partition coefficient (Wildman–Crippen LogP) is 0.176. The van der Waals surface area contributed by atoms with E-state index in [1.165, 1.54) is 0 Å². The summed E-state index contributed by atoms with van der Waals surface area (Å²) in [6, 6.07) is 1.41. The number of nitrogens with zero attached hydrogens (tertiary/aromatic N) is 2. The first kappa shape index (κ1) is 10.7. The average Bonchev–Trinajstić information content (AvgIpc) is 2.32. The molecule has 0 aromatic carbocycles. The SMILES string of the molecule is COc1ccnc(NC2CCCNC2=O)n1. The van der Waals surface area contributed by atoms with Crippen molar-refractivity contribution in [2.75, 3.05) is 19.0 Å². The molecule has 6 nitrogen and oxygen atoms in total. The number of hydrogen-bond donors (Lipinski definition) is 2. The first-order chi connectivity index (χ1) is 7.79. The molecule has 1 aliphatic rings. The molecule has 0 aliphatic carbocycles.